The van der Waals surface area contributed by atoms with Crippen LogP contribution < -0.4 is 10.6 Å². The van der Waals surface area contributed by atoms with Crippen LogP contribution in [0.2, 0.25) is 0 Å². The van der Waals surface area contributed by atoms with Crippen molar-refractivity contribution in [3.05, 3.63) is 0 Å². The Morgan fingerprint density at radius 3 is 2.38 bits per heavy atom. The number of hydrogen-bond donors (Lipinski definition) is 2. The lowest BCUT2D eigenvalue weighted by molar-refractivity contribution is -0.122. The number of nitrogens with zero attached hydrogens (tertiary/aromatic N) is 1. The third-order valence-corrected chi connectivity index (χ3v) is 6.14. The highest BCUT2D eigenvalue weighted by molar-refractivity contribution is 5.76. The quantitative estimate of drug-likeness (QED) is 0.814. The molecule has 3 rings (SSSR count). The maximum absolute atomic E-state index is 12.3. The molecule has 2 heterocycles. The van der Waals surface area contributed by atoms with Gasteiger partial charge in [-0.3, -0.25) is 4.79 Å². The minimum atomic E-state index is 0.211. The number of rotatable bonds is 5. The molecule has 120 valence electrons. The van der Waals surface area contributed by atoms with Crippen LogP contribution in [0.3, 0.4) is 0 Å². The molecular weight excluding hydrogens is 262 g/mol. The third-order valence-electron chi connectivity index (χ3n) is 6.14. The van der Waals surface area contributed by atoms with Gasteiger partial charge in [0.05, 0.1) is 0 Å². The average Bonchev–Trinajstić information content (AvgIpc) is 3.04. The van der Waals surface area contributed by atoms with E-state index in [2.05, 4.69) is 29.6 Å². The second-order valence-electron chi connectivity index (χ2n) is 7.78. The van der Waals surface area contributed by atoms with Crippen LogP contribution in [0.4, 0.5) is 0 Å². The van der Waals surface area contributed by atoms with E-state index in [0.29, 0.717) is 18.0 Å². The number of fused-ring (bicyclic) bond motifs is 2. The van der Waals surface area contributed by atoms with Gasteiger partial charge in [0.15, 0.2) is 0 Å². The van der Waals surface area contributed by atoms with Gasteiger partial charge in [-0.25, -0.2) is 0 Å². The molecule has 0 radical (unpaired) electrons. The van der Waals surface area contributed by atoms with E-state index in [1.165, 1.54) is 51.4 Å². The molecule has 2 saturated heterocycles. The highest BCUT2D eigenvalue weighted by atomic mass is 16.1. The summed E-state index contributed by atoms with van der Waals surface area (Å²) in [4.78, 5) is 14.6. The Labute approximate surface area is 129 Å². The van der Waals surface area contributed by atoms with Crippen LogP contribution >= 0.6 is 0 Å². The maximum Gasteiger partial charge on any atom is 0.220 e. The molecule has 4 heteroatoms. The molecule has 1 aliphatic carbocycles. The van der Waals surface area contributed by atoms with Gasteiger partial charge in [-0.15, -0.1) is 0 Å². The van der Waals surface area contributed by atoms with Gasteiger partial charge in [-0.2, -0.15) is 0 Å². The van der Waals surface area contributed by atoms with E-state index in [-0.39, 0.29) is 11.4 Å². The minimum Gasteiger partial charge on any atom is -0.354 e. The Morgan fingerprint density at radius 2 is 1.81 bits per heavy atom. The molecular formula is C17H31N3O. The largest absolute Gasteiger partial charge is 0.354 e. The van der Waals surface area contributed by atoms with Crippen LogP contribution in [-0.4, -0.2) is 49.1 Å². The average molecular weight is 293 g/mol. The van der Waals surface area contributed by atoms with Crippen LogP contribution in [0, 0.1) is 5.92 Å². The second-order valence-corrected chi connectivity index (χ2v) is 7.78. The predicted molar refractivity (Wildman–Crippen MR) is 85.2 cm³/mol. The van der Waals surface area contributed by atoms with Crippen molar-refractivity contribution in [1.29, 1.82) is 0 Å². The topological polar surface area (TPSA) is 44.4 Å². The fourth-order valence-electron chi connectivity index (χ4n) is 4.75. The molecule has 2 atom stereocenters. The van der Waals surface area contributed by atoms with Gasteiger partial charge in [0, 0.05) is 30.6 Å². The zero-order valence-corrected chi connectivity index (χ0v) is 13.7. The van der Waals surface area contributed by atoms with E-state index in [1.54, 1.807) is 0 Å². The first kappa shape index (κ1) is 15.3. The van der Waals surface area contributed by atoms with Crippen molar-refractivity contribution in [1.82, 2.24) is 15.5 Å². The van der Waals surface area contributed by atoms with Crippen molar-refractivity contribution >= 4 is 5.91 Å². The lowest BCUT2D eigenvalue weighted by atomic mass is 9.89. The molecule has 0 spiro atoms. The fraction of sp³-hybridized carbons (Fsp3) is 0.941. The van der Waals surface area contributed by atoms with Gasteiger partial charge < -0.3 is 15.5 Å². The molecule has 0 aromatic rings. The van der Waals surface area contributed by atoms with Crippen LogP contribution in [-0.2, 0) is 4.79 Å². The summed E-state index contributed by atoms with van der Waals surface area (Å²) < 4.78 is 0. The highest BCUT2D eigenvalue weighted by Gasteiger charge is 2.37. The number of carbonyl (C=O) groups excluding carboxylic acids is 1. The maximum atomic E-state index is 12.3. The molecule has 4 nitrogen and oxygen atoms in total. The zero-order valence-electron chi connectivity index (χ0n) is 13.7. The number of likely N-dealkylation sites (N-methyl/N-ethyl adjacent to an activating group) is 1. The zero-order chi connectivity index (χ0) is 14.9. The first-order valence-corrected chi connectivity index (χ1v) is 8.78. The molecule has 1 saturated carbocycles. The van der Waals surface area contributed by atoms with E-state index < -0.39 is 0 Å². The van der Waals surface area contributed by atoms with E-state index in [1.807, 2.05) is 0 Å². The van der Waals surface area contributed by atoms with Gasteiger partial charge in [-0.1, -0.05) is 12.8 Å². The SMILES string of the molecule is CN(C)C1(CNC(=O)CC2CC3CCC(C2)N3)CCCC1. The molecule has 0 aromatic carbocycles. The molecule has 2 aliphatic heterocycles. The lowest BCUT2D eigenvalue weighted by Gasteiger charge is -2.36. The van der Waals surface area contributed by atoms with E-state index in [0.717, 1.165) is 13.0 Å². The monoisotopic (exact) mass is 293 g/mol. The summed E-state index contributed by atoms with van der Waals surface area (Å²) in [6, 6.07) is 1.37. The van der Waals surface area contributed by atoms with Crippen molar-refractivity contribution in [3.63, 3.8) is 0 Å². The normalized spacial score (nSPS) is 34.3. The first-order valence-electron chi connectivity index (χ1n) is 8.78. The number of nitrogens with one attached hydrogen (secondary N) is 2. The lowest BCUT2D eigenvalue weighted by Crippen LogP contribution is -2.51. The van der Waals surface area contributed by atoms with E-state index >= 15 is 0 Å². The molecule has 2 N–H and O–H groups in total. The second kappa shape index (κ2) is 6.25. The number of hydrogen-bond acceptors (Lipinski definition) is 3. The summed E-state index contributed by atoms with van der Waals surface area (Å²) >= 11 is 0. The number of carbonyl (C=O) groups is 1. The van der Waals surface area contributed by atoms with Gasteiger partial charge in [0.2, 0.25) is 5.91 Å². The summed E-state index contributed by atoms with van der Waals surface area (Å²) in [5.41, 5.74) is 0.211. The van der Waals surface area contributed by atoms with E-state index in [4.69, 9.17) is 0 Å². The summed E-state index contributed by atoms with van der Waals surface area (Å²) in [5, 5.41) is 6.90. The molecule has 21 heavy (non-hydrogen) atoms. The molecule has 3 aliphatic rings. The van der Waals surface area contributed by atoms with Crippen LogP contribution in [0.15, 0.2) is 0 Å². The van der Waals surface area contributed by atoms with Crippen molar-refractivity contribution < 1.29 is 4.79 Å². The van der Waals surface area contributed by atoms with Crippen LogP contribution in [0.25, 0.3) is 0 Å². The first-order chi connectivity index (χ1) is 10.1. The molecule has 0 aromatic heterocycles. The van der Waals surface area contributed by atoms with Crippen molar-refractivity contribution in [3.8, 4) is 0 Å². The summed E-state index contributed by atoms with van der Waals surface area (Å²) in [7, 11) is 4.31. The standard InChI is InChI=1S/C17H31N3O/c1-20(2)17(7-3-4-8-17)12-18-16(21)11-13-9-14-5-6-15(10-13)19-14/h13-15,19H,3-12H2,1-2H3,(H,18,21). The summed E-state index contributed by atoms with van der Waals surface area (Å²) in [6.07, 6.45) is 10.8. The predicted octanol–water partition coefficient (Wildman–Crippen LogP) is 1.90. The third kappa shape index (κ3) is 3.42. The van der Waals surface area contributed by atoms with Crippen LogP contribution in [0.5, 0.6) is 0 Å². The van der Waals surface area contributed by atoms with Crippen molar-refractivity contribution in [2.24, 2.45) is 5.92 Å². The van der Waals surface area contributed by atoms with Crippen LogP contribution in [0.1, 0.15) is 57.8 Å². The smallest absolute Gasteiger partial charge is 0.220 e. The summed E-state index contributed by atoms with van der Waals surface area (Å²) in [6.45, 7) is 0.830. The molecule has 1 amide bonds. The fourth-order valence-corrected chi connectivity index (χ4v) is 4.75. The molecule has 2 unspecified atom stereocenters. The Morgan fingerprint density at radius 1 is 1.19 bits per heavy atom. The summed E-state index contributed by atoms with van der Waals surface area (Å²) in [5.74, 6) is 0.872. The minimum absolute atomic E-state index is 0.211. The van der Waals surface area contributed by atoms with Gasteiger partial charge in [0.25, 0.3) is 0 Å². The number of piperidine rings is 1. The van der Waals surface area contributed by atoms with Gasteiger partial charge >= 0.3 is 0 Å². The molecule has 3 fully saturated rings. The highest BCUT2D eigenvalue weighted by Crippen LogP contribution is 2.34. The Hall–Kier alpha value is -0.610. The van der Waals surface area contributed by atoms with Crippen molar-refractivity contribution in [2.45, 2.75) is 75.4 Å². The Kier molecular flexibility index (Phi) is 4.55. The molecule has 2 bridgehead atoms. The van der Waals surface area contributed by atoms with Gasteiger partial charge in [-0.05, 0) is 58.5 Å². The van der Waals surface area contributed by atoms with Crippen molar-refractivity contribution in [2.75, 3.05) is 20.6 Å². The Bertz CT molecular complexity index is 364. The van der Waals surface area contributed by atoms with Gasteiger partial charge in [0.1, 0.15) is 0 Å². The Balaban J connectivity index is 1.46. The number of amides is 1. The van der Waals surface area contributed by atoms with E-state index in [9.17, 15) is 4.79 Å².